The van der Waals surface area contributed by atoms with Crippen molar-refractivity contribution in [3.8, 4) is 11.5 Å². The van der Waals surface area contributed by atoms with Gasteiger partial charge in [0.1, 0.15) is 13.2 Å². The Balaban J connectivity index is 1.48. The molecule has 0 saturated carbocycles. The molecule has 1 amide bonds. The SMILES string of the molecule is O=C(COC(=O)CCS(=O)(=O)c1ccc2c(c1)OCCO2)Nc1ccc(F)c(F)c1. The van der Waals surface area contributed by atoms with Gasteiger partial charge in [-0.1, -0.05) is 0 Å². The zero-order valence-electron chi connectivity index (χ0n) is 15.5. The van der Waals surface area contributed by atoms with Gasteiger partial charge in [-0.25, -0.2) is 17.2 Å². The zero-order valence-corrected chi connectivity index (χ0v) is 16.3. The van der Waals surface area contributed by atoms with Gasteiger partial charge in [0.15, 0.2) is 39.6 Å². The lowest BCUT2D eigenvalue weighted by atomic mass is 10.3. The summed E-state index contributed by atoms with van der Waals surface area (Å²) in [4.78, 5) is 23.5. The number of amides is 1. The summed E-state index contributed by atoms with van der Waals surface area (Å²) in [6.07, 6.45) is -0.477. The van der Waals surface area contributed by atoms with E-state index >= 15 is 0 Å². The lowest BCUT2D eigenvalue weighted by molar-refractivity contribution is -0.146. The van der Waals surface area contributed by atoms with Gasteiger partial charge in [-0.15, -0.1) is 0 Å². The van der Waals surface area contributed by atoms with E-state index in [0.717, 1.165) is 18.2 Å². The van der Waals surface area contributed by atoms with Crippen LogP contribution in [-0.2, 0) is 24.2 Å². The van der Waals surface area contributed by atoms with Crippen molar-refractivity contribution < 1.29 is 41.0 Å². The van der Waals surface area contributed by atoms with Crippen LogP contribution in [0.3, 0.4) is 0 Å². The molecular formula is C19H17F2NO7S. The molecule has 1 aliphatic rings. The number of hydrogen-bond donors (Lipinski definition) is 1. The standard InChI is InChI=1S/C19H17F2NO7S/c20-14-3-1-12(9-15(14)21)22-18(23)11-29-19(24)5-8-30(25,26)13-2-4-16-17(10-13)28-7-6-27-16/h1-4,9-10H,5-8,11H2,(H,22,23). The lowest BCUT2D eigenvalue weighted by Crippen LogP contribution is -2.22. The minimum atomic E-state index is -3.80. The maximum absolute atomic E-state index is 13.1. The summed E-state index contributed by atoms with van der Waals surface area (Å²) in [6.45, 7) is -0.0357. The summed E-state index contributed by atoms with van der Waals surface area (Å²) >= 11 is 0. The first-order valence-electron chi connectivity index (χ1n) is 8.77. The number of halogens is 2. The smallest absolute Gasteiger partial charge is 0.307 e. The highest BCUT2D eigenvalue weighted by molar-refractivity contribution is 7.91. The van der Waals surface area contributed by atoms with Crippen LogP contribution in [0.5, 0.6) is 11.5 Å². The van der Waals surface area contributed by atoms with Crippen LogP contribution in [0.4, 0.5) is 14.5 Å². The van der Waals surface area contributed by atoms with E-state index in [2.05, 4.69) is 5.32 Å². The first kappa shape index (κ1) is 21.5. The van der Waals surface area contributed by atoms with Crippen LogP contribution in [0.2, 0.25) is 0 Å². The molecule has 1 N–H and O–H groups in total. The van der Waals surface area contributed by atoms with Gasteiger partial charge < -0.3 is 19.5 Å². The van der Waals surface area contributed by atoms with Crippen molar-refractivity contribution in [2.75, 3.05) is 30.9 Å². The van der Waals surface area contributed by atoms with Gasteiger partial charge in [0, 0.05) is 17.8 Å². The number of sulfone groups is 1. The van der Waals surface area contributed by atoms with E-state index in [1.165, 1.54) is 18.2 Å². The average molecular weight is 441 g/mol. The van der Waals surface area contributed by atoms with Crippen LogP contribution in [0.1, 0.15) is 6.42 Å². The van der Waals surface area contributed by atoms with Crippen LogP contribution in [0.25, 0.3) is 0 Å². The lowest BCUT2D eigenvalue weighted by Gasteiger charge is -2.18. The van der Waals surface area contributed by atoms with E-state index in [-0.39, 0.29) is 10.6 Å². The molecule has 2 aromatic rings. The zero-order chi connectivity index (χ0) is 21.7. The van der Waals surface area contributed by atoms with Gasteiger partial charge in [-0.05, 0) is 24.3 Å². The topological polar surface area (TPSA) is 108 Å². The summed E-state index contributed by atoms with van der Waals surface area (Å²) in [5, 5.41) is 2.23. The van der Waals surface area contributed by atoms with E-state index in [1.54, 1.807) is 0 Å². The average Bonchev–Trinajstić information content (AvgIpc) is 2.73. The van der Waals surface area contributed by atoms with Crippen LogP contribution < -0.4 is 14.8 Å². The fourth-order valence-electron chi connectivity index (χ4n) is 2.54. The molecule has 0 bridgehead atoms. The Morgan fingerprint density at radius 1 is 1.00 bits per heavy atom. The van der Waals surface area contributed by atoms with Crippen LogP contribution in [0, 0.1) is 11.6 Å². The molecule has 0 saturated heterocycles. The molecule has 0 fully saturated rings. The summed E-state index contributed by atoms with van der Waals surface area (Å²) in [5.41, 5.74) is -0.0175. The number of anilines is 1. The number of nitrogens with one attached hydrogen (secondary N) is 1. The van der Waals surface area contributed by atoms with Crippen molar-refractivity contribution in [2.45, 2.75) is 11.3 Å². The van der Waals surface area contributed by atoms with E-state index in [0.29, 0.717) is 24.7 Å². The molecule has 1 aliphatic heterocycles. The Kier molecular flexibility index (Phi) is 6.50. The Bertz CT molecular complexity index is 1070. The monoisotopic (exact) mass is 441 g/mol. The molecule has 2 aromatic carbocycles. The molecule has 8 nitrogen and oxygen atoms in total. The summed E-state index contributed by atoms with van der Waals surface area (Å²) in [7, 11) is -3.80. The third-order valence-electron chi connectivity index (χ3n) is 4.02. The van der Waals surface area contributed by atoms with Gasteiger partial charge >= 0.3 is 5.97 Å². The number of carbonyl (C=O) groups is 2. The quantitative estimate of drug-likeness (QED) is 0.656. The van der Waals surface area contributed by atoms with Crippen molar-refractivity contribution >= 4 is 27.4 Å². The minimum Gasteiger partial charge on any atom is -0.486 e. The normalized spacial score (nSPS) is 12.9. The predicted octanol–water partition coefficient (Wildman–Crippen LogP) is 2.08. The van der Waals surface area contributed by atoms with Gasteiger partial charge in [-0.3, -0.25) is 9.59 Å². The highest BCUT2D eigenvalue weighted by Gasteiger charge is 2.21. The van der Waals surface area contributed by atoms with Gasteiger partial charge in [0.25, 0.3) is 5.91 Å². The van der Waals surface area contributed by atoms with Crippen molar-refractivity contribution in [2.24, 2.45) is 0 Å². The summed E-state index contributed by atoms with van der Waals surface area (Å²) in [6, 6.07) is 6.89. The number of rotatable bonds is 7. The van der Waals surface area contributed by atoms with Crippen molar-refractivity contribution in [1.29, 1.82) is 0 Å². The molecular weight excluding hydrogens is 424 g/mol. The molecule has 0 spiro atoms. The first-order valence-corrected chi connectivity index (χ1v) is 10.4. The number of fused-ring (bicyclic) bond motifs is 1. The summed E-state index contributed by atoms with van der Waals surface area (Å²) < 4.78 is 66.2. The molecule has 1 heterocycles. The Morgan fingerprint density at radius 3 is 2.47 bits per heavy atom. The molecule has 160 valence electrons. The second kappa shape index (κ2) is 9.08. The van der Waals surface area contributed by atoms with Crippen molar-refractivity contribution in [3.05, 3.63) is 48.0 Å². The number of hydrogen-bond acceptors (Lipinski definition) is 7. The van der Waals surface area contributed by atoms with Gasteiger partial charge in [0.2, 0.25) is 0 Å². The summed E-state index contributed by atoms with van der Waals surface area (Å²) in [5.74, 6) is -3.70. The maximum Gasteiger partial charge on any atom is 0.307 e. The number of esters is 1. The van der Waals surface area contributed by atoms with Crippen LogP contribution >= 0.6 is 0 Å². The largest absolute Gasteiger partial charge is 0.486 e. The highest BCUT2D eigenvalue weighted by atomic mass is 32.2. The third kappa shape index (κ3) is 5.44. The fraction of sp³-hybridized carbons (Fsp3) is 0.263. The van der Waals surface area contributed by atoms with Crippen molar-refractivity contribution in [1.82, 2.24) is 0 Å². The van der Waals surface area contributed by atoms with Crippen molar-refractivity contribution in [3.63, 3.8) is 0 Å². The Hall–Kier alpha value is -3.21. The van der Waals surface area contributed by atoms with E-state index < -0.39 is 52.1 Å². The maximum atomic E-state index is 13.1. The molecule has 3 rings (SSSR count). The predicted molar refractivity (Wildman–Crippen MR) is 100 cm³/mol. The van der Waals surface area contributed by atoms with E-state index in [4.69, 9.17) is 14.2 Å². The Labute approximate surface area is 170 Å². The first-order chi connectivity index (χ1) is 14.2. The van der Waals surface area contributed by atoms with Gasteiger partial charge in [0.05, 0.1) is 17.1 Å². The fourth-order valence-corrected chi connectivity index (χ4v) is 3.77. The van der Waals surface area contributed by atoms with Crippen LogP contribution in [-0.4, -0.2) is 45.9 Å². The van der Waals surface area contributed by atoms with Gasteiger partial charge in [-0.2, -0.15) is 0 Å². The molecule has 0 aromatic heterocycles. The molecule has 11 heteroatoms. The molecule has 0 atom stereocenters. The Morgan fingerprint density at radius 2 is 1.73 bits per heavy atom. The number of ether oxygens (including phenoxy) is 3. The second-order valence-electron chi connectivity index (χ2n) is 6.21. The molecule has 0 unspecified atom stereocenters. The van der Waals surface area contributed by atoms with E-state index in [9.17, 15) is 26.8 Å². The van der Waals surface area contributed by atoms with E-state index in [1.807, 2.05) is 0 Å². The molecule has 0 aliphatic carbocycles. The highest BCUT2D eigenvalue weighted by Crippen LogP contribution is 2.32. The third-order valence-corrected chi connectivity index (χ3v) is 5.73. The molecule has 30 heavy (non-hydrogen) atoms. The number of carbonyl (C=O) groups excluding carboxylic acids is 2. The van der Waals surface area contributed by atoms with Crippen LogP contribution in [0.15, 0.2) is 41.3 Å². The number of benzene rings is 2. The minimum absolute atomic E-state index is 0.0175. The second-order valence-corrected chi connectivity index (χ2v) is 8.32. The molecule has 0 radical (unpaired) electrons.